The maximum atomic E-state index is 12.8. The van der Waals surface area contributed by atoms with Gasteiger partial charge in [0.1, 0.15) is 17.5 Å². The molecule has 1 aliphatic heterocycles. The summed E-state index contributed by atoms with van der Waals surface area (Å²) in [6.45, 7) is 4.44. The summed E-state index contributed by atoms with van der Waals surface area (Å²) in [5.74, 6) is 1.78. The number of ether oxygens (including phenoxy) is 2. The van der Waals surface area contributed by atoms with Crippen molar-refractivity contribution in [3.63, 3.8) is 0 Å². The number of nitrogens with zero attached hydrogens (tertiary/aromatic N) is 1. The summed E-state index contributed by atoms with van der Waals surface area (Å²) in [6, 6.07) is 12.1. The summed E-state index contributed by atoms with van der Waals surface area (Å²) in [4.78, 5) is 18.4. The number of methoxy groups -OCH3 is 2. The smallest absolute Gasteiger partial charge is 0.220 e. The van der Waals surface area contributed by atoms with Crippen LogP contribution in [0.3, 0.4) is 0 Å². The highest BCUT2D eigenvalue weighted by Gasteiger charge is 2.55. The van der Waals surface area contributed by atoms with E-state index >= 15 is 0 Å². The van der Waals surface area contributed by atoms with Crippen LogP contribution in [0, 0.1) is 6.92 Å². The molecule has 3 aromatic rings. The van der Waals surface area contributed by atoms with Gasteiger partial charge in [-0.15, -0.1) is 0 Å². The third-order valence-electron chi connectivity index (χ3n) is 6.56. The fourth-order valence-corrected chi connectivity index (χ4v) is 5.03. The van der Waals surface area contributed by atoms with E-state index in [4.69, 9.17) is 9.47 Å². The number of benzene rings is 2. The van der Waals surface area contributed by atoms with Crippen LogP contribution in [0.2, 0.25) is 0 Å². The second kappa shape index (κ2) is 6.28. The van der Waals surface area contributed by atoms with Gasteiger partial charge in [0, 0.05) is 41.0 Å². The van der Waals surface area contributed by atoms with Crippen LogP contribution in [-0.2, 0) is 10.2 Å². The molecule has 2 heterocycles. The molecular weight excluding hydrogens is 364 g/mol. The fraction of sp³-hybridized carbons (Fsp3) is 0.375. The Hall–Kier alpha value is -2.95. The third kappa shape index (κ3) is 2.56. The minimum Gasteiger partial charge on any atom is -0.496 e. The molecule has 5 heteroatoms. The molecule has 29 heavy (non-hydrogen) atoms. The van der Waals surface area contributed by atoms with Crippen molar-refractivity contribution in [3.05, 3.63) is 58.8 Å². The average molecular weight is 390 g/mol. The van der Waals surface area contributed by atoms with Crippen molar-refractivity contribution < 1.29 is 14.3 Å². The Balaban J connectivity index is 1.82. The first kappa shape index (κ1) is 18.1. The van der Waals surface area contributed by atoms with Crippen molar-refractivity contribution in [3.8, 4) is 11.5 Å². The monoisotopic (exact) mass is 390 g/mol. The molecule has 1 saturated carbocycles. The highest BCUT2D eigenvalue weighted by Crippen LogP contribution is 2.59. The molecule has 0 saturated heterocycles. The average Bonchev–Trinajstić information content (AvgIpc) is 3.36. The minimum atomic E-state index is -0.207. The Kier molecular flexibility index (Phi) is 3.92. The summed E-state index contributed by atoms with van der Waals surface area (Å²) < 4.78 is 11.5. The van der Waals surface area contributed by atoms with Crippen LogP contribution in [0.15, 0.2) is 36.4 Å². The van der Waals surface area contributed by atoms with E-state index in [0.717, 1.165) is 58.6 Å². The summed E-state index contributed by atoms with van der Waals surface area (Å²) in [5, 5.41) is 1.15. The standard InChI is InChI=1S/C24H26N2O3/c1-14-8-9-16(19(12-14)29-4)23-22-21(24(10-11-24)13-26(23)15(2)27)20-17(25-22)6-5-7-18(20)28-3/h5-9,12,23,25H,10-11,13H2,1-4H3. The topological polar surface area (TPSA) is 54.6 Å². The van der Waals surface area contributed by atoms with Crippen LogP contribution in [0.5, 0.6) is 11.5 Å². The van der Waals surface area contributed by atoms with Crippen molar-refractivity contribution in [2.24, 2.45) is 0 Å². The molecule has 1 N–H and O–H groups in total. The Morgan fingerprint density at radius 1 is 1.14 bits per heavy atom. The normalized spacial score (nSPS) is 19.3. The summed E-state index contributed by atoms with van der Waals surface area (Å²) in [5.41, 5.74) is 5.62. The van der Waals surface area contributed by atoms with Crippen molar-refractivity contribution in [2.45, 2.75) is 38.1 Å². The highest BCUT2D eigenvalue weighted by molar-refractivity contribution is 5.93. The van der Waals surface area contributed by atoms with E-state index in [1.807, 2.05) is 30.0 Å². The Labute approximate surface area is 170 Å². The zero-order valence-corrected chi connectivity index (χ0v) is 17.3. The maximum Gasteiger partial charge on any atom is 0.220 e. The van der Waals surface area contributed by atoms with E-state index in [2.05, 4.69) is 23.2 Å². The first-order valence-corrected chi connectivity index (χ1v) is 10.1. The number of aromatic nitrogens is 1. The molecule has 1 amide bonds. The summed E-state index contributed by atoms with van der Waals surface area (Å²) in [7, 11) is 3.41. The lowest BCUT2D eigenvalue weighted by atomic mass is 9.82. The van der Waals surface area contributed by atoms with Crippen molar-refractivity contribution >= 4 is 16.8 Å². The highest BCUT2D eigenvalue weighted by atomic mass is 16.5. The summed E-state index contributed by atoms with van der Waals surface area (Å²) in [6.07, 6.45) is 2.18. The van der Waals surface area contributed by atoms with Gasteiger partial charge in [0.05, 0.1) is 14.2 Å². The number of amides is 1. The minimum absolute atomic E-state index is 0.0162. The van der Waals surface area contributed by atoms with Gasteiger partial charge in [-0.2, -0.15) is 0 Å². The van der Waals surface area contributed by atoms with Crippen molar-refractivity contribution in [1.82, 2.24) is 9.88 Å². The van der Waals surface area contributed by atoms with Crippen LogP contribution >= 0.6 is 0 Å². The van der Waals surface area contributed by atoms with Crippen LogP contribution in [0.1, 0.15) is 48.2 Å². The van der Waals surface area contributed by atoms with E-state index in [0.29, 0.717) is 0 Å². The Morgan fingerprint density at radius 3 is 2.55 bits per heavy atom. The van der Waals surface area contributed by atoms with Crippen LogP contribution in [0.4, 0.5) is 0 Å². The van der Waals surface area contributed by atoms with Gasteiger partial charge in [-0.05, 0) is 49.1 Å². The molecule has 2 aromatic carbocycles. The number of H-pyrrole nitrogens is 1. The summed E-state index contributed by atoms with van der Waals surface area (Å²) >= 11 is 0. The largest absolute Gasteiger partial charge is 0.496 e. The number of fused-ring (bicyclic) bond motifs is 4. The molecule has 0 radical (unpaired) electrons. The van der Waals surface area contributed by atoms with Crippen LogP contribution < -0.4 is 9.47 Å². The van der Waals surface area contributed by atoms with E-state index in [1.165, 1.54) is 5.56 Å². The van der Waals surface area contributed by atoms with Crippen LogP contribution in [0.25, 0.3) is 10.9 Å². The first-order valence-electron chi connectivity index (χ1n) is 10.1. The zero-order valence-electron chi connectivity index (χ0n) is 17.3. The molecular formula is C24H26N2O3. The van der Waals surface area contributed by atoms with Gasteiger partial charge in [-0.25, -0.2) is 0 Å². The number of nitrogens with one attached hydrogen (secondary N) is 1. The van der Waals surface area contributed by atoms with E-state index in [-0.39, 0.29) is 17.4 Å². The molecule has 5 rings (SSSR count). The molecule has 1 aliphatic carbocycles. The Morgan fingerprint density at radius 2 is 1.90 bits per heavy atom. The predicted octanol–water partition coefficient (Wildman–Crippen LogP) is 4.48. The number of rotatable bonds is 3. The molecule has 1 aromatic heterocycles. The van der Waals surface area contributed by atoms with Gasteiger partial charge in [-0.1, -0.05) is 18.2 Å². The molecule has 1 unspecified atom stereocenters. The number of aromatic amines is 1. The molecule has 5 nitrogen and oxygen atoms in total. The van der Waals surface area contributed by atoms with Crippen LogP contribution in [-0.4, -0.2) is 36.6 Å². The molecule has 2 aliphatic rings. The SMILES string of the molecule is COc1cc(C)ccc1C1c2[nH]c3cccc(OC)c3c2C2(CC2)CN1C(C)=O. The van der Waals surface area contributed by atoms with Gasteiger partial charge in [0.25, 0.3) is 0 Å². The molecule has 1 fully saturated rings. The number of hydrogen-bond acceptors (Lipinski definition) is 3. The zero-order chi connectivity index (χ0) is 20.3. The third-order valence-corrected chi connectivity index (χ3v) is 6.56. The number of carbonyl (C=O) groups is 1. The Bertz CT molecular complexity index is 1130. The van der Waals surface area contributed by atoms with Gasteiger partial charge in [0.15, 0.2) is 0 Å². The second-order valence-electron chi connectivity index (χ2n) is 8.37. The second-order valence-corrected chi connectivity index (χ2v) is 8.37. The van der Waals surface area contributed by atoms with E-state index in [1.54, 1.807) is 21.1 Å². The van der Waals surface area contributed by atoms with Crippen molar-refractivity contribution in [2.75, 3.05) is 20.8 Å². The fourth-order valence-electron chi connectivity index (χ4n) is 5.03. The van der Waals surface area contributed by atoms with E-state index in [9.17, 15) is 4.79 Å². The lowest BCUT2D eigenvalue weighted by Gasteiger charge is -2.40. The molecule has 0 bridgehead atoms. The molecule has 1 atom stereocenters. The lowest BCUT2D eigenvalue weighted by Crippen LogP contribution is -2.44. The van der Waals surface area contributed by atoms with Gasteiger partial charge < -0.3 is 19.4 Å². The quantitative estimate of drug-likeness (QED) is 0.718. The van der Waals surface area contributed by atoms with Gasteiger partial charge in [-0.3, -0.25) is 4.79 Å². The van der Waals surface area contributed by atoms with Crippen molar-refractivity contribution in [1.29, 1.82) is 0 Å². The van der Waals surface area contributed by atoms with E-state index < -0.39 is 0 Å². The first-order chi connectivity index (χ1) is 14.0. The van der Waals surface area contributed by atoms with Gasteiger partial charge in [0.2, 0.25) is 5.91 Å². The lowest BCUT2D eigenvalue weighted by molar-refractivity contribution is -0.131. The van der Waals surface area contributed by atoms with Gasteiger partial charge >= 0.3 is 0 Å². The number of carbonyl (C=O) groups excluding carboxylic acids is 1. The molecule has 150 valence electrons. The number of hydrogen-bond donors (Lipinski definition) is 1. The predicted molar refractivity (Wildman–Crippen MR) is 113 cm³/mol. The molecule has 1 spiro atoms. The maximum absolute atomic E-state index is 12.8. The number of aryl methyl sites for hydroxylation is 1.